The Morgan fingerprint density at radius 3 is 2.87 bits per heavy atom. The van der Waals surface area contributed by atoms with Crippen molar-refractivity contribution in [3.05, 3.63) is 36.2 Å². The van der Waals surface area contributed by atoms with Crippen molar-refractivity contribution >= 4 is 5.69 Å². The van der Waals surface area contributed by atoms with Gasteiger partial charge in [0, 0.05) is 37.2 Å². The first-order valence-electron chi connectivity index (χ1n) is 4.85. The average Bonchev–Trinajstić information content (AvgIpc) is 2.58. The summed E-state index contributed by atoms with van der Waals surface area (Å²) in [4.78, 5) is 4.18. The van der Waals surface area contributed by atoms with Crippen LogP contribution in [0.3, 0.4) is 0 Å². The van der Waals surface area contributed by atoms with E-state index < -0.39 is 0 Å². The third-order valence-electron chi connectivity index (χ3n) is 2.41. The summed E-state index contributed by atoms with van der Waals surface area (Å²) in [5.74, 6) is 0.298. The molecule has 1 aromatic carbocycles. The first-order valence-corrected chi connectivity index (χ1v) is 4.85. The van der Waals surface area contributed by atoms with Crippen molar-refractivity contribution in [2.45, 2.75) is 6.54 Å². The zero-order valence-electron chi connectivity index (χ0n) is 8.72. The van der Waals surface area contributed by atoms with Crippen LogP contribution in [0.5, 0.6) is 5.75 Å². The van der Waals surface area contributed by atoms with Crippen LogP contribution in [0.25, 0.3) is 0 Å². The molecular formula is C11H15N3O. The number of phenolic OH excluding ortho intramolecular Hbond substituents is 1. The Kier molecular flexibility index (Phi) is 2.41. The molecule has 4 nitrogen and oxygen atoms in total. The van der Waals surface area contributed by atoms with Crippen LogP contribution in [-0.4, -0.2) is 28.6 Å². The van der Waals surface area contributed by atoms with Gasteiger partial charge in [0.2, 0.25) is 0 Å². The van der Waals surface area contributed by atoms with Crippen LogP contribution in [0.2, 0.25) is 0 Å². The summed E-state index contributed by atoms with van der Waals surface area (Å²) in [6.45, 7) is 1.52. The Balaban J connectivity index is 2.11. The van der Waals surface area contributed by atoms with E-state index in [0.717, 1.165) is 12.2 Å². The second kappa shape index (κ2) is 3.73. The number of hydrogen-bond donors (Lipinski definition) is 2. The Hall–Kier alpha value is -1.84. The summed E-state index contributed by atoms with van der Waals surface area (Å²) in [6.07, 6.45) is 4.01. The number of benzene rings is 1. The number of nitrogens with two attached hydrogens (primary N) is 1. The van der Waals surface area contributed by atoms with Gasteiger partial charge in [-0.1, -0.05) is 0 Å². The zero-order chi connectivity index (χ0) is 10.8. The van der Waals surface area contributed by atoms with Gasteiger partial charge in [0.05, 0.1) is 6.67 Å². The predicted molar refractivity (Wildman–Crippen MR) is 59.8 cm³/mol. The molecule has 0 radical (unpaired) electrons. The molecule has 0 aliphatic carbocycles. The number of nitrogens with zero attached hydrogens (tertiary/aromatic N) is 2. The number of nitrogen functional groups attached to an aromatic ring is 1. The minimum atomic E-state index is 0.298. The monoisotopic (exact) mass is 205 g/mol. The molecule has 0 saturated carbocycles. The molecular weight excluding hydrogens is 190 g/mol. The molecule has 1 aliphatic rings. The van der Waals surface area contributed by atoms with Crippen molar-refractivity contribution in [1.82, 2.24) is 9.80 Å². The van der Waals surface area contributed by atoms with Crippen LogP contribution < -0.4 is 5.73 Å². The first kappa shape index (κ1) is 9.71. The molecule has 1 aliphatic heterocycles. The number of anilines is 1. The maximum Gasteiger partial charge on any atom is 0.120 e. The van der Waals surface area contributed by atoms with E-state index in [0.29, 0.717) is 18.0 Å². The van der Waals surface area contributed by atoms with Crippen molar-refractivity contribution in [2.75, 3.05) is 19.5 Å². The van der Waals surface area contributed by atoms with Gasteiger partial charge in [-0.15, -0.1) is 0 Å². The molecule has 1 heterocycles. The molecule has 80 valence electrons. The highest BCUT2D eigenvalue weighted by atomic mass is 16.3. The van der Waals surface area contributed by atoms with Crippen LogP contribution >= 0.6 is 0 Å². The summed E-state index contributed by atoms with van der Waals surface area (Å²) >= 11 is 0. The van der Waals surface area contributed by atoms with Gasteiger partial charge in [0.1, 0.15) is 5.75 Å². The van der Waals surface area contributed by atoms with Crippen molar-refractivity contribution in [3.8, 4) is 5.75 Å². The lowest BCUT2D eigenvalue weighted by Crippen LogP contribution is -2.21. The standard InChI is InChI=1S/C11H15N3O/c1-13-4-5-14(8-13)7-9-6-10(12)2-3-11(9)15/h2-6,15H,7-8,12H2,1H3. The van der Waals surface area contributed by atoms with Gasteiger partial charge in [-0.3, -0.25) is 0 Å². The minimum Gasteiger partial charge on any atom is -0.508 e. The summed E-state index contributed by atoms with van der Waals surface area (Å²) in [7, 11) is 2.01. The van der Waals surface area contributed by atoms with Crippen molar-refractivity contribution in [2.24, 2.45) is 0 Å². The lowest BCUT2D eigenvalue weighted by Gasteiger charge is -2.18. The number of hydrogen-bond acceptors (Lipinski definition) is 4. The van der Waals surface area contributed by atoms with Gasteiger partial charge >= 0.3 is 0 Å². The van der Waals surface area contributed by atoms with E-state index in [1.54, 1.807) is 12.1 Å². The maximum absolute atomic E-state index is 9.64. The molecule has 1 aromatic rings. The molecule has 2 rings (SSSR count). The number of phenols is 1. The molecule has 0 spiro atoms. The zero-order valence-corrected chi connectivity index (χ0v) is 8.72. The van der Waals surface area contributed by atoms with Crippen LogP contribution in [0.1, 0.15) is 5.56 Å². The van der Waals surface area contributed by atoms with Crippen molar-refractivity contribution < 1.29 is 5.11 Å². The van der Waals surface area contributed by atoms with E-state index in [1.165, 1.54) is 0 Å². The maximum atomic E-state index is 9.64. The van der Waals surface area contributed by atoms with Crippen LogP contribution in [0, 0.1) is 0 Å². The van der Waals surface area contributed by atoms with Gasteiger partial charge in [-0.2, -0.15) is 0 Å². The summed E-state index contributed by atoms with van der Waals surface area (Å²) < 4.78 is 0. The lowest BCUT2D eigenvalue weighted by atomic mass is 10.1. The Labute approximate surface area is 89.2 Å². The van der Waals surface area contributed by atoms with Crippen LogP contribution in [0.15, 0.2) is 30.6 Å². The minimum absolute atomic E-state index is 0.298. The van der Waals surface area contributed by atoms with E-state index >= 15 is 0 Å². The third kappa shape index (κ3) is 2.15. The highest BCUT2D eigenvalue weighted by Crippen LogP contribution is 2.22. The largest absolute Gasteiger partial charge is 0.508 e. The fourth-order valence-electron chi connectivity index (χ4n) is 1.64. The van der Waals surface area contributed by atoms with Crippen molar-refractivity contribution in [1.29, 1.82) is 0 Å². The summed E-state index contributed by atoms with van der Waals surface area (Å²) in [6, 6.07) is 5.14. The highest BCUT2D eigenvalue weighted by Gasteiger charge is 2.11. The van der Waals surface area contributed by atoms with E-state index in [1.807, 2.05) is 25.5 Å². The Morgan fingerprint density at radius 2 is 2.20 bits per heavy atom. The van der Waals surface area contributed by atoms with Crippen molar-refractivity contribution in [3.63, 3.8) is 0 Å². The van der Waals surface area contributed by atoms with Crippen LogP contribution in [-0.2, 0) is 6.54 Å². The molecule has 3 N–H and O–H groups in total. The topological polar surface area (TPSA) is 52.7 Å². The molecule has 0 fully saturated rings. The van der Waals surface area contributed by atoms with Gasteiger partial charge < -0.3 is 20.6 Å². The molecule has 0 amide bonds. The van der Waals surface area contributed by atoms with Gasteiger partial charge in [-0.05, 0) is 18.2 Å². The van der Waals surface area contributed by atoms with Gasteiger partial charge in [0.25, 0.3) is 0 Å². The molecule has 0 aromatic heterocycles. The van der Waals surface area contributed by atoms with Gasteiger partial charge in [-0.25, -0.2) is 0 Å². The van der Waals surface area contributed by atoms with E-state index in [9.17, 15) is 5.11 Å². The summed E-state index contributed by atoms with van der Waals surface area (Å²) in [5.41, 5.74) is 7.21. The quantitative estimate of drug-likeness (QED) is 0.562. The molecule has 0 atom stereocenters. The highest BCUT2D eigenvalue weighted by molar-refractivity contribution is 5.47. The van der Waals surface area contributed by atoms with Crippen LogP contribution in [0.4, 0.5) is 5.69 Å². The van der Waals surface area contributed by atoms with E-state index in [-0.39, 0.29) is 0 Å². The van der Waals surface area contributed by atoms with E-state index in [2.05, 4.69) is 9.80 Å². The summed E-state index contributed by atoms with van der Waals surface area (Å²) in [5, 5.41) is 9.64. The SMILES string of the molecule is CN1C=CN(Cc2cc(N)ccc2O)C1. The fraction of sp³-hybridized carbons (Fsp3) is 0.273. The molecule has 0 unspecified atom stereocenters. The fourth-order valence-corrected chi connectivity index (χ4v) is 1.64. The molecule has 0 saturated heterocycles. The number of rotatable bonds is 2. The molecule has 0 bridgehead atoms. The normalized spacial score (nSPS) is 15.0. The second-order valence-corrected chi connectivity index (χ2v) is 3.83. The number of aromatic hydroxyl groups is 1. The average molecular weight is 205 g/mol. The third-order valence-corrected chi connectivity index (χ3v) is 2.41. The molecule has 15 heavy (non-hydrogen) atoms. The molecule has 4 heteroatoms. The smallest absolute Gasteiger partial charge is 0.120 e. The second-order valence-electron chi connectivity index (χ2n) is 3.83. The first-order chi connectivity index (χ1) is 7.15. The van der Waals surface area contributed by atoms with E-state index in [4.69, 9.17) is 5.73 Å². The Morgan fingerprint density at radius 1 is 1.40 bits per heavy atom. The lowest BCUT2D eigenvalue weighted by molar-refractivity contribution is 0.287. The Bertz CT molecular complexity index is 389. The predicted octanol–water partition coefficient (Wildman–Crippen LogP) is 1.15. The van der Waals surface area contributed by atoms with Gasteiger partial charge in [0.15, 0.2) is 0 Å².